The smallest absolute Gasteiger partial charge is 0.254 e. The van der Waals surface area contributed by atoms with Gasteiger partial charge in [-0.2, -0.15) is 0 Å². The molecule has 2 aromatic carbocycles. The summed E-state index contributed by atoms with van der Waals surface area (Å²) in [7, 11) is 0. The Morgan fingerprint density at radius 3 is 2.72 bits per heavy atom. The van der Waals surface area contributed by atoms with Gasteiger partial charge in [0.05, 0.1) is 0 Å². The molecule has 0 aromatic heterocycles. The Hall–Kier alpha value is -2.29. The standard InChI is InChI=1S/C22H28N2O/c1-5-17-9-10-18-11-12-24(14-19(18)13-17)22(25)20-7-6-8-21(16(20)4)23-15(2)3/h6-10,13,15,23H,5,11-12,14H2,1-4H3. The maximum absolute atomic E-state index is 13.1. The number of amides is 1. The van der Waals surface area contributed by atoms with Gasteiger partial charge in [-0.05, 0) is 68.0 Å². The maximum Gasteiger partial charge on any atom is 0.254 e. The average molecular weight is 336 g/mol. The van der Waals surface area contributed by atoms with Crippen LogP contribution < -0.4 is 5.32 Å². The number of aryl methyl sites for hydroxylation is 1. The molecule has 0 unspecified atom stereocenters. The number of benzene rings is 2. The third-order valence-corrected chi connectivity index (χ3v) is 4.99. The molecule has 0 atom stereocenters. The summed E-state index contributed by atoms with van der Waals surface area (Å²) >= 11 is 0. The first-order valence-corrected chi connectivity index (χ1v) is 9.25. The van der Waals surface area contributed by atoms with Crippen molar-refractivity contribution < 1.29 is 4.79 Å². The van der Waals surface area contributed by atoms with Crippen molar-refractivity contribution in [2.45, 2.75) is 53.1 Å². The summed E-state index contributed by atoms with van der Waals surface area (Å²) in [6, 6.07) is 13.0. The van der Waals surface area contributed by atoms with Crippen LogP contribution >= 0.6 is 0 Å². The Morgan fingerprint density at radius 1 is 1.20 bits per heavy atom. The van der Waals surface area contributed by atoms with Gasteiger partial charge in [0.15, 0.2) is 0 Å². The van der Waals surface area contributed by atoms with Gasteiger partial charge in [0.2, 0.25) is 0 Å². The lowest BCUT2D eigenvalue weighted by atomic mass is 9.95. The Balaban J connectivity index is 1.84. The van der Waals surface area contributed by atoms with Crippen molar-refractivity contribution in [3.8, 4) is 0 Å². The van der Waals surface area contributed by atoms with Crippen molar-refractivity contribution in [2.24, 2.45) is 0 Å². The monoisotopic (exact) mass is 336 g/mol. The van der Waals surface area contributed by atoms with Gasteiger partial charge in [0.25, 0.3) is 5.91 Å². The molecule has 132 valence electrons. The van der Waals surface area contributed by atoms with E-state index in [0.29, 0.717) is 12.6 Å². The number of nitrogens with one attached hydrogen (secondary N) is 1. The molecule has 25 heavy (non-hydrogen) atoms. The fourth-order valence-corrected chi connectivity index (χ4v) is 3.51. The van der Waals surface area contributed by atoms with E-state index in [1.807, 2.05) is 30.0 Å². The molecule has 0 bridgehead atoms. The highest BCUT2D eigenvalue weighted by atomic mass is 16.2. The SMILES string of the molecule is CCc1ccc2c(c1)CN(C(=O)c1cccc(NC(C)C)c1C)CC2. The van der Waals surface area contributed by atoms with Crippen molar-refractivity contribution in [3.05, 3.63) is 64.2 Å². The number of fused-ring (bicyclic) bond motifs is 1. The molecule has 0 saturated carbocycles. The molecule has 1 N–H and O–H groups in total. The number of hydrogen-bond acceptors (Lipinski definition) is 2. The second-order valence-corrected chi connectivity index (χ2v) is 7.21. The first kappa shape index (κ1) is 17.5. The second kappa shape index (κ2) is 7.30. The lowest BCUT2D eigenvalue weighted by molar-refractivity contribution is 0.0734. The third-order valence-electron chi connectivity index (χ3n) is 4.99. The number of anilines is 1. The summed E-state index contributed by atoms with van der Waals surface area (Å²) < 4.78 is 0. The number of rotatable bonds is 4. The highest BCUT2D eigenvalue weighted by Gasteiger charge is 2.23. The van der Waals surface area contributed by atoms with E-state index in [4.69, 9.17) is 0 Å². The molecule has 0 aliphatic carbocycles. The van der Waals surface area contributed by atoms with E-state index in [0.717, 1.165) is 36.2 Å². The normalized spacial score (nSPS) is 13.7. The summed E-state index contributed by atoms with van der Waals surface area (Å²) in [5.41, 5.74) is 6.91. The third kappa shape index (κ3) is 3.71. The number of nitrogens with zero attached hydrogens (tertiary/aromatic N) is 1. The molecular weight excluding hydrogens is 308 g/mol. The summed E-state index contributed by atoms with van der Waals surface area (Å²) in [5.74, 6) is 0.137. The molecule has 3 nitrogen and oxygen atoms in total. The minimum atomic E-state index is 0.137. The molecular formula is C22H28N2O. The summed E-state index contributed by atoms with van der Waals surface area (Å²) in [5, 5.41) is 3.43. The molecule has 2 aromatic rings. The molecule has 0 radical (unpaired) electrons. The van der Waals surface area contributed by atoms with E-state index < -0.39 is 0 Å². The van der Waals surface area contributed by atoms with Crippen LogP contribution in [0.5, 0.6) is 0 Å². The maximum atomic E-state index is 13.1. The number of hydrogen-bond donors (Lipinski definition) is 1. The zero-order chi connectivity index (χ0) is 18.0. The van der Waals surface area contributed by atoms with Crippen molar-refractivity contribution in [1.82, 2.24) is 4.90 Å². The van der Waals surface area contributed by atoms with Gasteiger partial charge in [-0.1, -0.05) is 31.2 Å². The van der Waals surface area contributed by atoms with Crippen LogP contribution in [0.25, 0.3) is 0 Å². The van der Waals surface area contributed by atoms with Crippen molar-refractivity contribution in [2.75, 3.05) is 11.9 Å². The predicted octanol–water partition coefficient (Wildman–Crippen LogP) is 4.58. The van der Waals surface area contributed by atoms with Crippen LogP contribution in [-0.4, -0.2) is 23.4 Å². The Kier molecular flexibility index (Phi) is 5.12. The lowest BCUT2D eigenvalue weighted by Gasteiger charge is -2.30. The van der Waals surface area contributed by atoms with Gasteiger partial charge in [0.1, 0.15) is 0 Å². The first-order chi connectivity index (χ1) is 12.0. The van der Waals surface area contributed by atoms with Gasteiger partial charge >= 0.3 is 0 Å². The number of carbonyl (C=O) groups is 1. The fraction of sp³-hybridized carbons (Fsp3) is 0.409. The molecule has 3 rings (SSSR count). The van der Waals surface area contributed by atoms with Crippen LogP contribution in [0.3, 0.4) is 0 Å². The summed E-state index contributed by atoms with van der Waals surface area (Å²) in [6.45, 7) is 9.93. The molecule has 0 spiro atoms. The van der Waals surface area contributed by atoms with Gasteiger partial charge in [-0.15, -0.1) is 0 Å². The highest BCUT2D eigenvalue weighted by molar-refractivity contribution is 5.97. The van der Waals surface area contributed by atoms with Crippen molar-refractivity contribution in [3.63, 3.8) is 0 Å². The van der Waals surface area contributed by atoms with E-state index in [1.165, 1.54) is 16.7 Å². The van der Waals surface area contributed by atoms with Crippen LogP contribution in [0.1, 0.15) is 53.4 Å². The Morgan fingerprint density at radius 2 is 2.00 bits per heavy atom. The minimum Gasteiger partial charge on any atom is -0.383 e. The van der Waals surface area contributed by atoms with Crippen molar-refractivity contribution in [1.29, 1.82) is 0 Å². The second-order valence-electron chi connectivity index (χ2n) is 7.21. The van der Waals surface area contributed by atoms with Crippen molar-refractivity contribution >= 4 is 11.6 Å². The lowest BCUT2D eigenvalue weighted by Crippen LogP contribution is -2.36. The average Bonchev–Trinajstić information content (AvgIpc) is 2.61. The van der Waals surface area contributed by atoms with E-state index in [9.17, 15) is 4.79 Å². The van der Waals surface area contributed by atoms with E-state index in [2.05, 4.69) is 44.3 Å². The van der Waals surface area contributed by atoms with Crippen LogP contribution in [0.15, 0.2) is 36.4 Å². The quantitative estimate of drug-likeness (QED) is 0.886. The van der Waals surface area contributed by atoms with Crippen LogP contribution in [0, 0.1) is 6.92 Å². The van der Waals surface area contributed by atoms with Gasteiger partial charge < -0.3 is 10.2 Å². The predicted molar refractivity (Wildman–Crippen MR) is 104 cm³/mol. The first-order valence-electron chi connectivity index (χ1n) is 9.25. The minimum absolute atomic E-state index is 0.137. The molecule has 1 aliphatic rings. The zero-order valence-electron chi connectivity index (χ0n) is 15.7. The Labute approximate surface area is 151 Å². The van der Waals surface area contributed by atoms with Crippen LogP contribution in [-0.2, 0) is 19.4 Å². The molecule has 1 heterocycles. The van der Waals surface area contributed by atoms with E-state index in [-0.39, 0.29) is 5.91 Å². The van der Waals surface area contributed by atoms with E-state index in [1.54, 1.807) is 0 Å². The van der Waals surface area contributed by atoms with Gasteiger partial charge in [0, 0.05) is 30.4 Å². The van der Waals surface area contributed by atoms with Gasteiger partial charge in [-0.25, -0.2) is 0 Å². The Bertz CT molecular complexity index is 780. The fourth-order valence-electron chi connectivity index (χ4n) is 3.51. The summed E-state index contributed by atoms with van der Waals surface area (Å²) in [6.07, 6.45) is 1.97. The number of carbonyl (C=O) groups excluding carboxylic acids is 1. The molecule has 3 heteroatoms. The summed E-state index contributed by atoms with van der Waals surface area (Å²) in [4.78, 5) is 15.1. The molecule has 0 saturated heterocycles. The molecule has 1 amide bonds. The highest BCUT2D eigenvalue weighted by Crippen LogP contribution is 2.25. The van der Waals surface area contributed by atoms with Crippen LogP contribution in [0.4, 0.5) is 5.69 Å². The van der Waals surface area contributed by atoms with E-state index >= 15 is 0 Å². The van der Waals surface area contributed by atoms with Crippen LogP contribution in [0.2, 0.25) is 0 Å². The topological polar surface area (TPSA) is 32.3 Å². The largest absolute Gasteiger partial charge is 0.383 e. The van der Waals surface area contributed by atoms with Gasteiger partial charge in [-0.3, -0.25) is 4.79 Å². The zero-order valence-corrected chi connectivity index (χ0v) is 15.7. The molecule has 0 fully saturated rings. The molecule has 1 aliphatic heterocycles.